The van der Waals surface area contributed by atoms with Crippen LogP contribution in [0.4, 0.5) is 0 Å². The molecule has 0 spiro atoms. The van der Waals surface area contributed by atoms with Gasteiger partial charge in [-0.05, 0) is 105 Å². The number of H-pyrrole nitrogens is 2. The molecule has 0 aromatic carbocycles. The topological polar surface area (TPSA) is 83.7 Å². The van der Waals surface area contributed by atoms with Crippen molar-refractivity contribution < 1.29 is 11.0 Å². The summed E-state index contributed by atoms with van der Waals surface area (Å²) in [4.78, 5) is 31.4. The van der Waals surface area contributed by atoms with E-state index in [1.165, 1.54) is 29.4 Å². The molecule has 2 unspecified atom stereocenters. The lowest BCUT2D eigenvalue weighted by Crippen LogP contribution is -2.39. The largest absolute Gasteiger partial charge is 0.469 e. The van der Waals surface area contributed by atoms with E-state index in [0.29, 0.717) is 0 Å². The van der Waals surface area contributed by atoms with E-state index in [1.54, 1.807) is 0 Å². The number of aryl methyl sites for hydroxylation is 3. The van der Waals surface area contributed by atoms with Crippen molar-refractivity contribution in [2.24, 2.45) is 5.92 Å². The van der Waals surface area contributed by atoms with Gasteiger partial charge in [-0.25, -0.2) is 4.98 Å². The van der Waals surface area contributed by atoms with Gasteiger partial charge < -0.3 is 14.7 Å². The third kappa shape index (κ3) is 5.54. The Balaban J connectivity index is 0.00000208. The minimum absolute atomic E-state index is 0. The molecule has 6 nitrogen and oxygen atoms in total. The Kier molecular flexibility index (Phi) is 10.1. The molecule has 0 saturated carbocycles. The first-order valence-corrected chi connectivity index (χ1v) is 16.1. The molecular weight excluding hydrogens is 579 g/mol. The average molecular weight is 631 g/mol. The smallest absolute Gasteiger partial charge is 0.314 e. The van der Waals surface area contributed by atoms with Gasteiger partial charge in [0.05, 0.1) is 41.2 Å². The summed E-state index contributed by atoms with van der Waals surface area (Å²) in [5, 5.41) is 0. The fourth-order valence-electron chi connectivity index (χ4n) is 7.56. The number of ether oxygens (including phenoxy) is 1. The average Bonchev–Trinajstić information content (AvgIpc) is 3.66. The number of hydrogen-bond acceptors (Lipinski definition) is 4. The molecule has 2 atom stereocenters. The second-order valence-corrected chi connectivity index (χ2v) is 12.8. The fourth-order valence-corrected chi connectivity index (χ4v) is 7.56. The molecule has 3 aromatic heterocycles. The van der Waals surface area contributed by atoms with Crippen LogP contribution in [0, 0.1) is 19.8 Å². The number of rotatable bonds is 6. The number of nitrogens with zero attached hydrogens (tertiary/aromatic N) is 2. The van der Waals surface area contributed by atoms with Gasteiger partial charge in [-0.1, -0.05) is 64.5 Å². The third-order valence-electron chi connectivity index (χ3n) is 10.1. The number of fused-ring (bicyclic) bond motifs is 11. The minimum atomic E-state index is -0.720. The maximum Gasteiger partial charge on any atom is 0.314 e. The van der Waals surface area contributed by atoms with Crippen molar-refractivity contribution in [3.8, 4) is 0 Å². The molecule has 7 heteroatoms. The molecule has 0 saturated heterocycles. The summed E-state index contributed by atoms with van der Waals surface area (Å²) in [5.41, 5.74) is 16.1. The van der Waals surface area contributed by atoms with E-state index >= 15 is 0 Å². The molecule has 0 fully saturated rings. The number of carbonyl (C=O) groups excluding carboxylic acids is 1. The summed E-state index contributed by atoms with van der Waals surface area (Å²) in [7, 11) is 1.46. The van der Waals surface area contributed by atoms with Crippen LogP contribution in [0.3, 0.4) is 0 Å². The van der Waals surface area contributed by atoms with E-state index in [-0.39, 0.29) is 23.2 Å². The normalized spacial score (nSPS) is 18.4. The van der Waals surface area contributed by atoms with Gasteiger partial charge in [0.15, 0.2) is 0 Å². The van der Waals surface area contributed by atoms with Crippen molar-refractivity contribution in [1.82, 2.24) is 19.9 Å². The first kappa shape index (κ1) is 35.5. The minimum Gasteiger partial charge on any atom is -0.469 e. The van der Waals surface area contributed by atoms with E-state index in [1.807, 2.05) is 19.1 Å². The Labute approximate surface area is 283 Å². The van der Waals surface area contributed by atoms with Gasteiger partial charge in [0.1, 0.15) is 0 Å². The Bertz CT molecular complexity index is 2030. The monoisotopic (exact) mass is 630 g/mol. The molecule has 1 aliphatic carbocycles. The molecule has 8 bridgehead atoms. The molecule has 0 amide bonds. The second kappa shape index (κ2) is 13.4. The van der Waals surface area contributed by atoms with Gasteiger partial charge in [-0.3, -0.25) is 9.78 Å². The second-order valence-electron chi connectivity index (χ2n) is 12.8. The number of aromatic nitrogens is 4. The van der Waals surface area contributed by atoms with Crippen molar-refractivity contribution in [3.05, 3.63) is 93.6 Å². The predicted molar refractivity (Wildman–Crippen MR) is 201 cm³/mol. The van der Waals surface area contributed by atoms with Crippen LogP contribution in [0.1, 0.15) is 108 Å². The standard InChI is InChI=1S/C39H44N4O2.CH4.B.H2/c1-10-13-26-23(6)30-17-29-22(5)25(12-3)34(42-29)20-36-39(8)28(16-15-21(4)37(39)38(44)45-9)35(43-36)18-31-24(7)27(14-11-2)33(41-31)19-32(26)40-30;;;/h12,15-20,37,41-42H,3,10-11,13-14H2,1-2,4-9H3;1H4;;1H/i;;;1+1. The van der Waals surface area contributed by atoms with Crippen LogP contribution >= 0.6 is 0 Å². The van der Waals surface area contributed by atoms with Crippen LogP contribution in [0.25, 0.3) is 44.9 Å². The van der Waals surface area contributed by atoms with E-state index in [4.69, 9.17) is 14.7 Å². The first-order chi connectivity index (χ1) is 21.6. The highest BCUT2D eigenvalue weighted by atomic mass is 16.5. The van der Waals surface area contributed by atoms with Gasteiger partial charge in [0.25, 0.3) is 0 Å². The van der Waals surface area contributed by atoms with Crippen molar-refractivity contribution >= 4 is 59.2 Å². The van der Waals surface area contributed by atoms with Crippen LogP contribution in [-0.2, 0) is 21.4 Å². The first-order valence-electron chi connectivity index (χ1n) is 16.1. The molecule has 6 rings (SSSR count). The molecule has 47 heavy (non-hydrogen) atoms. The zero-order chi connectivity index (χ0) is 32.2. The number of methoxy groups -OCH3 is 1. The summed E-state index contributed by atoms with van der Waals surface area (Å²) in [6, 6.07) is 8.65. The summed E-state index contributed by atoms with van der Waals surface area (Å²) < 4.78 is 5.38. The Hall–Kier alpha value is -4.39. The SMILES string of the molecule is C.C=Cc1c(C)c2cc3nc(cc4[nH]c(cc5nc(cc1[nH]2)C1(C)C5=CC=C(C)C1C(=O)OC)c(C)c4CCC)C(CCC)=C3C.[2HH].[B]. The van der Waals surface area contributed by atoms with Crippen LogP contribution in [0.2, 0.25) is 0 Å². The molecule has 2 N–H and O–H groups in total. The molecular formula is C40H50BN4O2. The molecule has 5 heterocycles. The number of nitrogens with one attached hydrogen (secondary N) is 2. The Morgan fingerprint density at radius 3 is 2.21 bits per heavy atom. The number of aromatic amines is 2. The quantitative estimate of drug-likeness (QED) is 0.210. The lowest BCUT2D eigenvalue weighted by Gasteiger charge is -2.36. The van der Waals surface area contributed by atoms with E-state index in [2.05, 4.69) is 88.4 Å². The highest BCUT2D eigenvalue weighted by Gasteiger charge is 2.51. The molecule has 3 radical (unpaired) electrons. The predicted octanol–water partition coefficient (Wildman–Crippen LogP) is 9.85. The van der Waals surface area contributed by atoms with Gasteiger partial charge >= 0.3 is 5.97 Å². The van der Waals surface area contributed by atoms with Crippen LogP contribution in [0.15, 0.2) is 48.6 Å². The van der Waals surface area contributed by atoms with Gasteiger partial charge in [-0.15, -0.1) is 0 Å². The van der Waals surface area contributed by atoms with E-state index in [0.717, 1.165) is 92.8 Å². The number of hydrogen-bond donors (Lipinski definition) is 2. The van der Waals surface area contributed by atoms with Gasteiger partial charge in [0, 0.05) is 37.5 Å². The fraction of sp³-hybridized carbons (Fsp3) is 0.375. The van der Waals surface area contributed by atoms with Crippen LogP contribution in [0.5, 0.6) is 0 Å². The summed E-state index contributed by atoms with van der Waals surface area (Å²) >= 11 is 0. The van der Waals surface area contributed by atoms with Crippen molar-refractivity contribution in [3.63, 3.8) is 0 Å². The van der Waals surface area contributed by atoms with Crippen molar-refractivity contribution in [2.75, 3.05) is 7.11 Å². The number of carbonyl (C=O) groups is 1. The maximum atomic E-state index is 13.4. The third-order valence-corrected chi connectivity index (χ3v) is 10.1. The van der Waals surface area contributed by atoms with Gasteiger partial charge in [-0.2, -0.15) is 0 Å². The van der Waals surface area contributed by atoms with E-state index < -0.39 is 11.3 Å². The lowest BCUT2D eigenvalue weighted by molar-refractivity contribution is -0.145. The summed E-state index contributed by atoms with van der Waals surface area (Å²) in [5.74, 6) is -0.768. The highest BCUT2D eigenvalue weighted by molar-refractivity contribution is 5.94. The molecule has 3 aliphatic rings. The molecule has 2 aliphatic heterocycles. The highest BCUT2D eigenvalue weighted by Crippen LogP contribution is 2.52. The van der Waals surface area contributed by atoms with Crippen molar-refractivity contribution in [1.29, 1.82) is 0 Å². The van der Waals surface area contributed by atoms with Crippen molar-refractivity contribution in [2.45, 2.75) is 87.0 Å². The Morgan fingerprint density at radius 1 is 0.915 bits per heavy atom. The zero-order valence-corrected chi connectivity index (χ0v) is 28.4. The molecule has 3 aromatic rings. The number of allylic oxidation sites excluding steroid dienone is 5. The zero-order valence-electron chi connectivity index (χ0n) is 28.4. The summed E-state index contributed by atoms with van der Waals surface area (Å²) in [6.07, 6.45) is 10.1. The number of esters is 1. The lowest BCUT2D eigenvalue weighted by atomic mass is 9.64. The van der Waals surface area contributed by atoms with Crippen LogP contribution in [-0.4, -0.2) is 41.4 Å². The van der Waals surface area contributed by atoms with Gasteiger partial charge in [0.2, 0.25) is 0 Å². The van der Waals surface area contributed by atoms with Crippen LogP contribution < -0.4 is 0 Å². The summed E-state index contributed by atoms with van der Waals surface area (Å²) in [6.45, 7) is 19.2. The Morgan fingerprint density at radius 2 is 1.55 bits per heavy atom. The molecule has 245 valence electrons. The maximum absolute atomic E-state index is 13.4. The van der Waals surface area contributed by atoms with E-state index in [9.17, 15) is 4.79 Å².